The SMILES string of the molecule is CCCCCCNC(=NC)NCC(=O)NC(C)(C)C.I. The summed E-state index contributed by atoms with van der Waals surface area (Å²) < 4.78 is 0. The van der Waals surface area contributed by atoms with Crippen molar-refractivity contribution < 1.29 is 4.79 Å². The summed E-state index contributed by atoms with van der Waals surface area (Å²) in [4.78, 5) is 15.7. The number of guanidine groups is 1. The number of hydrogen-bond acceptors (Lipinski definition) is 2. The highest BCUT2D eigenvalue weighted by molar-refractivity contribution is 14.0. The number of unbranched alkanes of at least 4 members (excludes halogenated alkanes) is 3. The predicted octanol–water partition coefficient (Wildman–Crippen LogP) is 2.26. The fraction of sp³-hybridized carbons (Fsp3) is 0.857. The Morgan fingerprint density at radius 3 is 2.25 bits per heavy atom. The van der Waals surface area contributed by atoms with Crippen LogP contribution in [0.25, 0.3) is 0 Å². The first-order valence-electron chi connectivity index (χ1n) is 7.14. The quantitative estimate of drug-likeness (QED) is 0.267. The molecule has 0 spiro atoms. The van der Waals surface area contributed by atoms with Crippen molar-refractivity contribution in [2.24, 2.45) is 4.99 Å². The fourth-order valence-corrected chi connectivity index (χ4v) is 1.61. The van der Waals surface area contributed by atoms with Crippen molar-refractivity contribution in [2.75, 3.05) is 20.1 Å². The molecule has 0 aromatic rings. The van der Waals surface area contributed by atoms with Gasteiger partial charge < -0.3 is 16.0 Å². The van der Waals surface area contributed by atoms with E-state index in [1.807, 2.05) is 20.8 Å². The molecule has 0 aromatic carbocycles. The molecule has 0 unspecified atom stereocenters. The van der Waals surface area contributed by atoms with Gasteiger partial charge in [0.15, 0.2) is 5.96 Å². The van der Waals surface area contributed by atoms with Crippen LogP contribution < -0.4 is 16.0 Å². The Bertz CT molecular complexity index is 287. The van der Waals surface area contributed by atoms with Gasteiger partial charge in [-0.2, -0.15) is 0 Å². The van der Waals surface area contributed by atoms with E-state index in [9.17, 15) is 4.79 Å². The summed E-state index contributed by atoms with van der Waals surface area (Å²) in [6, 6.07) is 0. The van der Waals surface area contributed by atoms with Crippen LogP contribution in [0.5, 0.6) is 0 Å². The number of nitrogens with one attached hydrogen (secondary N) is 3. The Morgan fingerprint density at radius 2 is 1.75 bits per heavy atom. The minimum atomic E-state index is -0.199. The zero-order valence-electron chi connectivity index (χ0n) is 13.5. The number of halogens is 1. The van der Waals surface area contributed by atoms with E-state index in [-0.39, 0.29) is 42.0 Å². The van der Waals surface area contributed by atoms with Crippen LogP contribution >= 0.6 is 24.0 Å². The lowest BCUT2D eigenvalue weighted by Gasteiger charge is -2.21. The Kier molecular flexibility index (Phi) is 13.3. The van der Waals surface area contributed by atoms with E-state index in [0.717, 1.165) is 13.0 Å². The molecule has 0 aliphatic carbocycles. The van der Waals surface area contributed by atoms with Gasteiger partial charge in [0.2, 0.25) is 5.91 Å². The minimum Gasteiger partial charge on any atom is -0.356 e. The van der Waals surface area contributed by atoms with E-state index in [0.29, 0.717) is 5.96 Å². The highest BCUT2D eigenvalue weighted by Crippen LogP contribution is 1.97. The fourth-order valence-electron chi connectivity index (χ4n) is 1.61. The number of amides is 1. The van der Waals surface area contributed by atoms with Gasteiger partial charge in [-0.15, -0.1) is 24.0 Å². The molecule has 1 amide bonds. The number of hydrogen-bond donors (Lipinski definition) is 3. The minimum absolute atomic E-state index is 0. The number of nitrogens with zero attached hydrogens (tertiary/aromatic N) is 1. The van der Waals surface area contributed by atoms with Crippen LogP contribution in [0.15, 0.2) is 4.99 Å². The van der Waals surface area contributed by atoms with Crippen molar-refractivity contribution >= 4 is 35.8 Å². The third kappa shape index (κ3) is 13.9. The predicted molar refractivity (Wildman–Crippen MR) is 96.8 cm³/mol. The van der Waals surface area contributed by atoms with Crippen molar-refractivity contribution in [3.05, 3.63) is 0 Å². The van der Waals surface area contributed by atoms with Crippen molar-refractivity contribution in [1.82, 2.24) is 16.0 Å². The number of carbonyl (C=O) groups excluding carboxylic acids is 1. The molecule has 0 aliphatic rings. The third-order valence-corrected chi connectivity index (χ3v) is 2.48. The maximum absolute atomic E-state index is 11.6. The molecule has 0 radical (unpaired) electrons. The highest BCUT2D eigenvalue weighted by Gasteiger charge is 2.13. The average molecular weight is 398 g/mol. The summed E-state index contributed by atoms with van der Waals surface area (Å²) in [5.74, 6) is 0.655. The van der Waals surface area contributed by atoms with Gasteiger partial charge in [-0.05, 0) is 27.2 Å². The van der Waals surface area contributed by atoms with Crippen molar-refractivity contribution in [1.29, 1.82) is 0 Å². The molecule has 120 valence electrons. The summed E-state index contributed by atoms with van der Waals surface area (Å²) in [6.45, 7) is 9.22. The first-order chi connectivity index (χ1) is 8.89. The molecular formula is C14H31IN4O. The van der Waals surface area contributed by atoms with Crippen molar-refractivity contribution in [2.45, 2.75) is 58.9 Å². The van der Waals surface area contributed by atoms with Crippen LogP contribution in [0, 0.1) is 0 Å². The van der Waals surface area contributed by atoms with Gasteiger partial charge in [0, 0.05) is 19.1 Å². The summed E-state index contributed by atoms with van der Waals surface area (Å²) >= 11 is 0. The monoisotopic (exact) mass is 398 g/mol. The molecule has 20 heavy (non-hydrogen) atoms. The van der Waals surface area contributed by atoms with Crippen LogP contribution in [0.1, 0.15) is 53.4 Å². The Balaban J connectivity index is 0. The van der Waals surface area contributed by atoms with Gasteiger partial charge in [0.25, 0.3) is 0 Å². The normalized spacial score (nSPS) is 11.6. The molecule has 3 N–H and O–H groups in total. The summed E-state index contributed by atoms with van der Waals surface area (Å²) in [5, 5.41) is 9.11. The molecule has 6 heteroatoms. The first-order valence-corrected chi connectivity index (χ1v) is 7.14. The van der Waals surface area contributed by atoms with Crippen LogP contribution in [-0.2, 0) is 4.79 Å². The molecule has 0 aliphatic heterocycles. The van der Waals surface area contributed by atoms with Crippen LogP contribution in [-0.4, -0.2) is 37.5 Å². The molecule has 0 saturated heterocycles. The molecule has 0 aromatic heterocycles. The van der Waals surface area contributed by atoms with E-state index in [4.69, 9.17) is 0 Å². The third-order valence-electron chi connectivity index (χ3n) is 2.48. The second-order valence-corrected chi connectivity index (χ2v) is 5.71. The van der Waals surface area contributed by atoms with Crippen LogP contribution in [0.3, 0.4) is 0 Å². The summed E-state index contributed by atoms with van der Waals surface area (Å²) in [6.07, 6.45) is 4.86. The first kappa shape index (κ1) is 21.8. The van der Waals surface area contributed by atoms with Gasteiger partial charge in [-0.25, -0.2) is 0 Å². The molecule has 0 saturated carbocycles. The molecule has 0 fully saturated rings. The lowest BCUT2D eigenvalue weighted by Crippen LogP contribution is -2.48. The molecule has 0 atom stereocenters. The Morgan fingerprint density at radius 1 is 1.10 bits per heavy atom. The molecular weight excluding hydrogens is 367 g/mol. The Labute approximate surface area is 140 Å². The average Bonchev–Trinajstić information content (AvgIpc) is 2.30. The highest BCUT2D eigenvalue weighted by atomic mass is 127. The van der Waals surface area contributed by atoms with E-state index in [1.54, 1.807) is 7.05 Å². The van der Waals surface area contributed by atoms with Gasteiger partial charge in [0.05, 0.1) is 6.54 Å². The standard InChI is InChI=1S/C14H30N4O.HI/c1-6-7-8-9-10-16-13(15-5)17-11-12(19)18-14(2,3)4;/h6-11H2,1-5H3,(H,18,19)(H2,15,16,17);1H. The zero-order valence-corrected chi connectivity index (χ0v) is 15.8. The lowest BCUT2D eigenvalue weighted by molar-refractivity contribution is -0.121. The van der Waals surface area contributed by atoms with Gasteiger partial charge in [-0.1, -0.05) is 26.2 Å². The maximum atomic E-state index is 11.6. The zero-order chi connectivity index (χ0) is 14.7. The molecule has 0 rings (SSSR count). The molecule has 0 heterocycles. The van der Waals surface area contributed by atoms with Crippen molar-refractivity contribution in [3.63, 3.8) is 0 Å². The Hall–Kier alpha value is -0.530. The van der Waals surface area contributed by atoms with Crippen LogP contribution in [0.4, 0.5) is 0 Å². The summed E-state index contributed by atoms with van der Waals surface area (Å²) in [5.41, 5.74) is -0.199. The second kappa shape index (κ2) is 12.2. The number of aliphatic imine (C=N–C) groups is 1. The molecule has 0 bridgehead atoms. The molecule has 5 nitrogen and oxygen atoms in total. The van der Waals surface area contributed by atoms with E-state index >= 15 is 0 Å². The topological polar surface area (TPSA) is 65.5 Å². The summed E-state index contributed by atoms with van der Waals surface area (Å²) in [7, 11) is 1.71. The van der Waals surface area contributed by atoms with Gasteiger partial charge in [0.1, 0.15) is 0 Å². The lowest BCUT2D eigenvalue weighted by atomic mass is 10.1. The van der Waals surface area contributed by atoms with E-state index in [1.165, 1.54) is 19.3 Å². The van der Waals surface area contributed by atoms with Crippen molar-refractivity contribution in [3.8, 4) is 0 Å². The van der Waals surface area contributed by atoms with Gasteiger partial charge >= 0.3 is 0 Å². The smallest absolute Gasteiger partial charge is 0.239 e. The van der Waals surface area contributed by atoms with E-state index < -0.39 is 0 Å². The number of carbonyl (C=O) groups is 1. The van der Waals surface area contributed by atoms with Crippen LogP contribution in [0.2, 0.25) is 0 Å². The van der Waals surface area contributed by atoms with E-state index in [2.05, 4.69) is 27.9 Å². The largest absolute Gasteiger partial charge is 0.356 e. The number of rotatable bonds is 7. The van der Waals surface area contributed by atoms with Gasteiger partial charge in [-0.3, -0.25) is 9.79 Å². The maximum Gasteiger partial charge on any atom is 0.239 e. The second-order valence-electron chi connectivity index (χ2n) is 5.71.